The van der Waals surface area contributed by atoms with Crippen LogP contribution < -0.4 is 0 Å². The minimum Gasteiger partial charge on any atom is -0.396 e. The van der Waals surface area contributed by atoms with Gasteiger partial charge in [0.1, 0.15) is 0 Å². The Morgan fingerprint density at radius 1 is 0.700 bits per heavy atom. The van der Waals surface area contributed by atoms with Crippen LogP contribution in [0.25, 0.3) is 0 Å². The number of imide groups is 2. The summed E-state index contributed by atoms with van der Waals surface area (Å²) in [6, 6.07) is 12.5. The molecule has 30 heavy (non-hydrogen) atoms. The molecule has 0 radical (unpaired) electrons. The van der Waals surface area contributed by atoms with Crippen LogP contribution in [0.4, 0.5) is 0 Å². The molecule has 5 rings (SSSR count). The molecule has 0 saturated heterocycles. The van der Waals surface area contributed by atoms with Crippen molar-refractivity contribution in [3.8, 4) is 0 Å². The van der Waals surface area contributed by atoms with Crippen molar-refractivity contribution in [3.63, 3.8) is 0 Å². The predicted octanol–water partition coefficient (Wildman–Crippen LogP) is 2.11. The Labute approximate surface area is 172 Å². The topological polar surface area (TPSA) is 95.0 Å². The number of hydrogen-bond donors (Lipinski definition) is 1. The normalized spacial score (nSPS) is 25.3. The molecule has 1 saturated carbocycles. The zero-order valence-electron chi connectivity index (χ0n) is 16.2. The quantitative estimate of drug-likeness (QED) is 0.788. The summed E-state index contributed by atoms with van der Waals surface area (Å²) in [5.41, 5.74) is 1.50. The van der Waals surface area contributed by atoms with Crippen molar-refractivity contribution in [3.05, 3.63) is 70.8 Å². The Morgan fingerprint density at radius 2 is 1.13 bits per heavy atom. The number of aliphatic hydroxyl groups excluding tert-OH is 1. The Bertz CT molecular complexity index is 1020. The fraction of sp³-hybridized carbons (Fsp3) is 0.304. The second-order valence-electron chi connectivity index (χ2n) is 8.02. The summed E-state index contributed by atoms with van der Waals surface area (Å²) in [5.74, 6) is -1.58. The number of rotatable bonds is 4. The van der Waals surface area contributed by atoms with E-state index in [0.717, 1.165) is 0 Å². The maximum Gasteiger partial charge on any atom is 0.261 e. The molecule has 0 aromatic heterocycles. The number of hydrogen-bond acceptors (Lipinski definition) is 5. The second-order valence-corrected chi connectivity index (χ2v) is 8.02. The van der Waals surface area contributed by atoms with Gasteiger partial charge in [-0.3, -0.25) is 29.0 Å². The first-order valence-electron chi connectivity index (χ1n) is 10.1. The van der Waals surface area contributed by atoms with Gasteiger partial charge in [-0.25, -0.2) is 0 Å². The highest BCUT2D eigenvalue weighted by Gasteiger charge is 2.50. The molecule has 2 aromatic rings. The van der Waals surface area contributed by atoms with Gasteiger partial charge >= 0.3 is 0 Å². The third-order valence-corrected chi connectivity index (χ3v) is 6.48. The standard InChI is InChI=1S/C23H20N2O5/c26-10-9-13-11-14(24-20(27)15-5-1-2-6-16(15)21(24)28)12-19(13)25-22(29)17-7-3-4-8-18(17)23(25)30/h1-8,13-14,19,26H,9-12H2. The maximum atomic E-state index is 13.0. The highest BCUT2D eigenvalue weighted by molar-refractivity contribution is 6.22. The zero-order valence-corrected chi connectivity index (χ0v) is 16.2. The molecule has 4 amide bonds. The predicted molar refractivity (Wildman–Crippen MR) is 106 cm³/mol. The van der Waals surface area contributed by atoms with Crippen LogP contribution in [-0.2, 0) is 0 Å². The van der Waals surface area contributed by atoms with E-state index in [1.54, 1.807) is 48.5 Å². The van der Waals surface area contributed by atoms with E-state index in [0.29, 0.717) is 41.5 Å². The van der Waals surface area contributed by atoms with Gasteiger partial charge in [0.2, 0.25) is 0 Å². The minimum absolute atomic E-state index is 0.0980. The van der Waals surface area contributed by atoms with Crippen molar-refractivity contribution in [2.45, 2.75) is 31.3 Å². The lowest BCUT2D eigenvalue weighted by atomic mass is 9.98. The van der Waals surface area contributed by atoms with Crippen LogP contribution in [0, 0.1) is 5.92 Å². The van der Waals surface area contributed by atoms with Crippen molar-refractivity contribution in [2.24, 2.45) is 5.92 Å². The summed E-state index contributed by atoms with van der Waals surface area (Å²) in [7, 11) is 0. The Hall–Kier alpha value is -3.32. The summed E-state index contributed by atoms with van der Waals surface area (Å²) in [6.45, 7) is -0.0980. The van der Waals surface area contributed by atoms with Gasteiger partial charge in [0.25, 0.3) is 23.6 Å². The third kappa shape index (κ3) is 2.55. The molecule has 1 aliphatic carbocycles. The molecule has 2 aromatic carbocycles. The molecule has 2 heterocycles. The van der Waals surface area contributed by atoms with Gasteiger partial charge in [0.05, 0.1) is 22.3 Å². The fourth-order valence-corrected chi connectivity index (χ4v) is 5.13. The smallest absolute Gasteiger partial charge is 0.261 e. The van der Waals surface area contributed by atoms with Gasteiger partial charge in [-0.2, -0.15) is 0 Å². The number of amides is 4. The first kappa shape index (κ1) is 18.7. The van der Waals surface area contributed by atoms with Crippen LogP contribution >= 0.6 is 0 Å². The molecule has 0 spiro atoms. The van der Waals surface area contributed by atoms with E-state index in [1.807, 2.05) is 0 Å². The largest absolute Gasteiger partial charge is 0.396 e. The van der Waals surface area contributed by atoms with Crippen LogP contribution in [0.3, 0.4) is 0 Å². The van der Waals surface area contributed by atoms with E-state index in [2.05, 4.69) is 0 Å². The average molecular weight is 404 g/mol. The number of aliphatic hydroxyl groups is 1. The van der Waals surface area contributed by atoms with Crippen LogP contribution in [-0.4, -0.2) is 57.2 Å². The summed E-state index contributed by atoms with van der Waals surface area (Å²) in [4.78, 5) is 54.3. The van der Waals surface area contributed by atoms with Crippen molar-refractivity contribution in [1.82, 2.24) is 9.80 Å². The summed E-state index contributed by atoms with van der Waals surface area (Å²) in [6.07, 6.45) is 1.16. The molecule has 3 aliphatic rings. The van der Waals surface area contributed by atoms with E-state index < -0.39 is 12.1 Å². The minimum atomic E-state index is -0.473. The van der Waals surface area contributed by atoms with E-state index in [4.69, 9.17) is 0 Å². The molecular formula is C23H20N2O5. The van der Waals surface area contributed by atoms with Crippen LogP contribution in [0.5, 0.6) is 0 Å². The highest BCUT2D eigenvalue weighted by atomic mass is 16.3. The molecule has 1 fully saturated rings. The second kappa shape index (κ2) is 6.88. The van der Waals surface area contributed by atoms with Crippen molar-refractivity contribution in [2.75, 3.05) is 6.61 Å². The lowest BCUT2D eigenvalue weighted by Crippen LogP contribution is -2.43. The fourth-order valence-electron chi connectivity index (χ4n) is 5.13. The molecule has 3 unspecified atom stereocenters. The molecule has 2 aliphatic heterocycles. The highest BCUT2D eigenvalue weighted by Crippen LogP contribution is 2.41. The van der Waals surface area contributed by atoms with Gasteiger partial charge in [0, 0.05) is 18.7 Å². The van der Waals surface area contributed by atoms with Gasteiger partial charge in [-0.1, -0.05) is 24.3 Å². The Kier molecular flexibility index (Phi) is 4.29. The number of carbonyl (C=O) groups is 4. The van der Waals surface area contributed by atoms with Crippen LogP contribution in [0.1, 0.15) is 60.7 Å². The van der Waals surface area contributed by atoms with Crippen molar-refractivity contribution >= 4 is 23.6 Å². The lowest BCUT2D eigenvalue weighted by Gasteiger charge is -2.27. The van der Waals surface area contributed by atoms with Gasteiger partial charge in [-0.15, -0.1) is 0 Å². The molecule has 3 atom stereocenters. The van der Waals surface area contributed by atoms with Crippen LogP contribution in [0.15, 0.2) is 48.5 Å². The van der Waals surface area contributed by atoms with E-state index in [9.17, 15) is 24.3 Å². The zero-order chi connectivity index (χ0) is 21.0. The first-order valence-corrected chi connectivity index (χ1v) is 10.1. The van der Waals surface area contributed by atoms with Gasteiger partial charge in [0.15, 0.2) is 0 Å². The molecule has 7 heteroatoms. The number of nitrogens with zero attached hydrogens (tertiary/aromatic N) is 2. The van der Waals surface area contributed by atoms with Crippen molar-refractivity contribution in [1.29, 1.82) is 0 Å². The monoisotopic (exact) mass is 404 g/mol. The summed E-state index contributed by atoms with van der Waals surface area (Å²) >= 11 is 0. The SMILES string of the molecule is O=C1c2ccccc2C(=O)N1C1CC(CCO)C(N2C(=O)c3ccccc3C2=O)C1. The lowest BCUT2D eigenvalue weighted by molar-refractivity contribution is 0.0530. The number of carbonyl (C=O) groups excluding carboxylic acids is 4. The van der Waals surface area contributed by atoms with Gasteiger partial charge in [-0.05, 0) is 49.4 Å². The molecule has 152 valence electrons. The summed E-state index contributed by atoms with van der Waals surface area (Å²) in [5, 5.41) is 9.55. The van der Waals surface area contributed by atoms with E-state index in [1.165, 1.54) is 9.80 Å². The van der Waals surface area contributed by atoms with Crippen LogP contribution in [0.2, 0.25) is 0 Å². The van der Waals surface area contributed by atoms with Crippen molar-refractivity contribution < 1.29 is 24.3 Å². The maximum absolute atomic E-state index is 13.0. The number of benzene rings is 2. The third-order valence-electron chi connectivity index (χ3n) is 6.48. The first-order chi connectivity index (χ1) is 14.5. The van der Waals surface area contributed by atoms with E-state index >= 15 is 0 Å². The molecular weight excluding hydrogens is 384 g/mol. The van der Waals surface area contributed by atoms with Gasteiger partial charge < -0.3 is 5.11 Å². The Balaban J connectivity index is 1.46. The average Bonchev–Trinajstić information content (AvgIpc) is 3.35. The number of fused-ring (bicyclic) bond motifs is 2. The van der Waals surface area contributed by atoms with E-state index in [-0.39, 0.29) is 36.2 Å². The molecule has 1 N–H and O–H groups in total. The summed E-state index contributed by atoms with van der Waals surface area (Å²) < 4.78 is 0. The molecule has 0 bridgehead atoms. The Morgan fingerprint density at radius 3 is 1.57 bits per heavy atom. The molecule has 7 nitrogen and oxygen atoms in total.